The molecule has 0 fully saturated rings. The highest BCUT2D eigenvalue weighted by molar-refractivity contribution is 5.91. The highest BCUT2D eigenvalue weighted by atomic mass is 16.5. The molecule has 112 valence electrons. The third-order valence-corrected chi connectivity index (χ3v) is 3.24. The van der Waals surface area contributed by atoms with E-state index < -0.39 is 0 Å². The summed E-state index contributed by atoms with van der Waals surface area (Å²) in [4.78, 5) is 15.2. The van der Waals surface area contributed by atoms with E-state index in [9.17, 15) is 4.79 Å². The Bertz CT molecular complexity index is 614. The Hall–Kier alpha value is -2.44. The molecule has 0 aliphatic rings. The van der Waals surface area contributed by atoms with Crippen molar-refractivity contribution in [3.05, 3.63) is 34.8 Å². The van der Waals surface area contributed by atoms with Gasteiger partial charge >= 0.3 is 0 Å². The maximum absolute atomic E-state index is 11.8. The van der Waals surface area contributed by atoms with Gasteiger partial charge in [0.15, 0.2) is 11.5 Å². The second-order valence-corrected chi connectivity index (χ2v) is 5.14. The molecule has 0 saturated carbocycles. The fraction of sp³-hybridized carbons (Fsp3) is 0.429. The zero-order chi connectivity index (χ0) is 15.6. The summed E-state index contributed by atoms with van der Waals surface area (Å²) in [5, 5.41) is 12.0. The molecular formula is C14H19N5O2. The predicted octanol–water partition coefficient (Wildman–Crippen LogP) is 1.42. The molecular weight excluding hydrogens is 270 g/mol. The molecule has 0 N–H and O–H groups in total. The van der Waals surface area contributed by atoms with Crippen LogP contribution in [0, 0.1) is 13.8 Å². The van der Waals surface area contributed by atoms with Gasteiger partial charge in [0.05, 0.1) is 5.69 Å². The van der Waals surface area contributed by atoms with Gasteiger partial charge in [0.2, 0.25) is 0 Å². The lowest BCUT2D eigenvalue weighted by molar-refractivity contribution is 0.0821. The Morgan fingerprint density at radius 2 is 1.90 bits per heavy atom. The molecule has 0 radical (unpaired) electrons. The Morgan fingerprint density at radius 1 is 1.19 bits per heavy atom. The standard InChI is InChI=1S/C14H19N5O2/c1-9-11(10(2)21-17-9)8-19(5)13-7-6-12(15-16-13)14(20)18(3)4/h6-7H,8H2,1-5H3. The first-order chi connectivity index (χ1) is 9.90. The number of rotatable bonds is 4. The number of hydrogen-bond acceptors (Lipinski definition) is 6. The molecule has 0 atom stereocenters. The number of amides is 1. The van der Waals surface area contributed by atoms with Crippen LogP contribution in [0.1, 0.15) is 27.5 Å². The summed E-state index contributed by atoms with van der Waals surface area (Å²) >= 11 is 0. The average Bonchev–Trinajstić information content (AvgIpc) is 2.78. The second-order valence-electron chi connectivity index (χ2n) is 5.14. The van der Waals surface area contributed by atoms with Crippen molar-refractivity contribution in [1.82, 2.24) is 20.3 Å². The zero-order valence-electron chi connectivity index (χ0n) is 12.9. The fourth-order valence-electron chi connectivity index (χ4n) is 1.92. The van der Waals surface area contributed by atoms with Gasteiger partial charge in [-0.25, -0.2) is 0 Å². The SMILES string of the molecule is Cc1noc(C)c1CN(C)c1ccc(C(=O)N(C)C)nn1. The highest BCUT2D eigenvalue weighted by Gasteiger charge is 2.14. The lowest BCUT2D eigenvalue weighted by Gasteiger charge is -2.17. The van der Waals surface area contributed by atoms with Gasteiger partial charge in [-0.15, -0.1) is 10.2 Å². The largest absolute Gasteiger partial charge is 0.361 e. The van der Waals surface area contributed by atoms with E-state index in [4.69, 9.17) is 4.52 Å². The third-order valence-electron chi connectivity index (χ3n) is 3.24. The zero-order valence-corrected chi connectivity index (χ0v) is 12.9. The van der Waals surface area contributed by atoms with Crippen LogP contribution in [-0.2, 0) is 6.54 Å². The summed E-state index contributed by atoms with van der Waals surface area (Å²) in [6.07, 6.45) is 0. The molecule has 0 spiro atoms. The molecule has 2 aromatic heterocycles. The maximum atomic E-state index is 11.8. The minimum atomic E-state index is -0.164. The molecule has 0 aromatic carbocycles. The van der Waals surface area contributed by atoms with Crippen molar-refractivity contribution in [2.75, 3.05) is 26.0 Å². The lowest BCUT2D eigenvalue weighted by atomic mass is 10.2. The molecule has 2 rings (SSSR count). The van der Waals surface area contributed by atoms with Gasteiger partial charge in [-0.2, -0.15) is 0 Å². The first-order valence-corrected chi connectivity index (χ1v) is 6.58. The quantitative estimate of drug-likeness (QED) is 0.847. The highest BCUT2D eigenvalue weighted by Crippen LogP contribution is 2.17. The van der Waals surface area contributed by atoms with Crippen molar-refractivity contribution in [1.29, 1.82) is 0 Å². The van der Waals surface area contributed by atoms with Gasteiger partial charge in [0.1, 0.15) is 5.76 Å². The van der Waals surface area contributed by atoms with Gasteiger partial charge < -0.3 is 14.3 Å². The Balaban J connectivity index is 2.13. The second kappa shape index (κ2) is 5.90. The molecule has 0 aliphatic carbocycles. The van der Waals surface area contributed by atoms with E-state index in [1.165, 1.54) is 4.90 Å². The van der Waals surface area contributed by atoms with Crippen LogP contribution in [0.2, 0.25) is 0 Å². The van der Waals surface area contributed by atoms with Gasteiger partial charge in [0, 0.05) is 33.3 Å². The summed E-state index contributed by atoms with van der Waals surface area (Å²) in [6, 6.07) is 3.45. The van der Waals surface area contributed by atoms with Crippen LogP contribution >= 0.6 is 0 Å². The molecule has 0 saturated heterocycles. The Kier molecular flexibility index (Phi) is 4.21. The first-order valence-electron chi connectivity index (χ1n) is 6.58. The van der Waals surface area contributed by atoms with Crippen LogP contribution in [0.5, 0.6) is 0 Å². The van der Waals surface area contributed by atoms with Crippen molar-refractivity contribution in [3.8, 4) is 0 Å². The van der Waals surface area contributed by atoms with E-state index in [0.717, 1.165) is 17.0 Å². The van der Waals surface area contributed by atoms with Crippen LogP contribution in [-0.4, -0.2) is 47.3 Å². The van der Waals surface area contributed by atoms with Gasteiger partial charge in [-0.3, -0.25) is 4.79 Å². The monoisotopic (exact) mass is 289 g/mol. The number of anilines is 1. The Labute approximate surface area is 123 Å². The molecule has 21 heavy (non-hydrogen) atoms. The van der Waals surface area contributed by atoms with Crippen LogP contribution < -0.4 is 4.90 Å². The van der Waals surface area contributed by atoms with E-state index in [2.05, 4.69) is 15.4 Å². The van der Waals surface area contributed by atoms with Gasteiger partial charge in [-0.05, 0) is 26.0 Å². The summed E-state index contributed by atoms with van der Waals surface area (Å²) in [7, 11) is 5.27. The number of hydrogen-bond donors (Lipinski definition) is 0. The first kappa shape index (κ1) is 15.0. The van der Waals surface area contributed by atoms with Crippen LogP contribution in [0.25, 0.3) is 0 Å². The third kappa shape index (κ3) is 3.18. The maximum Gasteiger partial charge on any atom is 0.273 e. The molecule has 0 unspecified atom stereocenters. The molecule has 2 aromatic rings. The fourth-order valence-corrected chi connectivity index (χ4v) is 1.92. The molecule has 2 heterocycles. The van der Waals surface area contributed by atoms with Crippen molar-refractivity contribution >= 4 is 11.7 Å². The Morgan fingerprint density at radius 3 is 2.38 bits per heavy atom. The summed E-state index contributed by atoms with van der Waals surface area (Å²) in [5.41, 5.74) is 2.23. The number of aromatic nitrogens is 3. The van der Waals surface area contributed by atoms with Crippen LogP contribution in [0.4, 0.5) is 5.82 Å². The summed E-state index contributed by atoms with van der Waals surface area (Å²) in [5.74, 6) is 1.32. The van der Waals surface area contributed by atoms with E-state index in [-0.39, 0.29) is 5.91 Å². The molecule has 7 nitrogen and oxygen atoms in total. The van der Waals surface area contributed by atoms with Crippen LogP contribution in [0.15, 0.2) is 16.7 Å². The topological polar surface area (TPSA) is 75.4 Å². The molecule has 0 aliphatic heterocycles. The van der Waals surface area contributed by atoms with E-state index in [0.29, 0.717) is 18.1 Å². The van der Waals surface area contributed by atoms with Crippen LogP contribution in [0.3, 0.4) is 0 Å². The number of carbonyl (C=O) groups excluding carboxylic acids is 1. The molecule has 7 heteroatoms. The van der Waals surface area contributed by atoms with Gasteiger partial charge in [-0.1, -0.05) is 5.16 Å². The molecule has 0 bridgehead atoms. The van der Waals surface area contributed by atoms with Gasteiger partial charge in [0.25, 0.3) is 5.91 Å². The smallest absolute Gasteiger partial charge is 0.273 e. The normalized spacial score (nSPS) is 10.5. The summed E-state index contributed by atoms with van der Waals surface area (Å²) < 4.78 is 5.15. The number of nitrogens with zero attached hydrogens (tertiary/aromatic N) is 5. The number of aryl methyl sites for hydroxylation is 2. The predicted molar refractivity (Wildman–Crippen MR) is 78.1 cm³/mol. The van der Waals surface area contributed by atoms with Crippen molar-refractivity contribution in [2.24, 2.45) is 0 Å². The number of carbonyl (C=O) groups is 1. The van der Waals surface area contributed by atoms with Crippen molar-refractivity contribution < 1.29 is 9.32 Å². The minimum Gasteiger partial charge on any atom is -0.361 e. The molecule has 1 amide bonds. The summed E-state index contributed by atoms with van der Waals surface area (Å²) in [6.45, 7) is 4.41. The van der Waals surface area contributed by atoms with E-state index >= 15 is 0 Å². The minimum absolute atomic E-state index is 0.164. The van der Waals surface area contributed by atoms with E-state index in [1.54, 1.807) is 26.2 Å². The average molecular weight is 289 g/mol. The van der Waals surface area contributed by atoms with Crippen molar-refractivity contribution in [2.45, 2.75) is 20.4 Å². The lowest BCUT2D eigenvalue weighted by Crippen LogP contribution is -2.24. The van der Waals surface area contributed by atoms with E-state index in [1.807, 2.05) is 25.8 Å². The van der Waals surface area contributed by atoms with Crippen molar-refractivity contribution in [3.63, 3.8) is 0 Å².